The summed E-state index contributed by atoms with van der Waals surface area (Å²) in [4.78, 5) is 4.51. The van der Waals surface area contributed by atoms with Gasteiger partial charge in [-0.1, -0.05) is 18.2 Å². The number of nitrogens with zero attached hydrogens (tertiary/aromatic N) is 4. The van der Waals surface area contributed by atoms with E-state index in [0.717, 1.165) is 31.6 Å². The van der Waals surface area contributed by atoms with Crippen LogP contribution in [0.2, 0.25) is 0 Å². The molecule has 1 atom stereocenters. The molecule has 0 radical (unpaired) electrons. The molecule has 0 bridgehead atoms. The van der Waals surface area contributed by atoms with E-state index in [2.05, 4.69) is 39.7 Å². The van der Waals surface area contributed by atoms with Crippen molar-refractivity contribution in [2.45, 2.75) is 25.6 Å². The fraction of sp³-hybridized carbons (Fsp3) is 0.471. The van der Waals surface area contributed by atoms with Crippen molar-refractivity contribution in [1.29, 1.82) is 0 Å². The van der Waals surface area contributed by atoms with Gasteiger partial charge in [0.05, 0.1) is 11.7 Å². The molecule has 118 valence electrons. The van der Waals surface area contributed by atoms with Crippen molar-refractivity contribution in [1.82, 2.24) is 19.6 Å². The highest BCUT2D eigenvalue weighted by Crippen LogP contribution is 2.24. The maximum absolute atomic E-state index is 13.9. The van der Waals surface area contributed by atoms with Crippen LogP contribution >= 0.6 is 0 Å². The lowest BCUT2D eigenvalue weighted by Gasteiger charge is -2.34. The van der Waals surface area contributed by atoms with Gasteiger partial charge in [-0.3, -0.25) is 9.58 Å². The van der Waals surface area contributed by atoms with Crippen LogP contribution in [0, 0.1) is 5.82 Å². The zero-order valence-corrected chi connectivity index (χ0v) is 13.2. The maximum Gasteiger partial charge on any atom is 0.127 e. The zero-order valence-electron chi connectivity index (χ0n) is 13.2. The summed E-state index contributed by atoms with van der Waals surface area (Å²) in [6.45, 7) is 3.41. The Kier molecular flexibility index (Phi) is 4.55. The Bertz CT molecular complexity index is 623. The number of hydrogen-bond acceptors (Lipinski definition) is 3. The standard InChI is InChI=1S/C17H23FN4/c1-20(2)10-8-16-13-21(12-15-7-9-19-22(15)16)11-14-5-3-4-6-17(14)18/h3-7,9,16H,8,10-13H2,1-2H3/t16-/m1/s1. The Balaban J connectivity index is 1.74. The molecule has 0 saturated carbocycles. The Labute approximate surface area is 131 Å². The van der Waals surface area contributed by atoms with Gasteiger partial charge in [0.1, 0.15) is 5.82 Å². The molecule has 2 aromatic rings. The fourth-order valence-corrected chi connectivity index (χ4v) is 3.07. The minimum Gasteiger partial charge on any atom is -0.309 e. The van der Waals surface area contributed by atoms with Crippen LogP contribution in [-0.4, -0.2) is 46.8 Å². The second-order valence-corrected chi connectivity index (χ2v) is 6.27. The lowest BCUT2D eigenvalue weighted by Crippen LogP contribution is -2.38. The monoisotopic (exact) mass is 302 g/mol. The summed E-state index contributed by atoms with van der Waals surface area (Å²) in [6, 6.07) is 9.47. The smallest absolute Gasteiger partial charge is 0.127 e. The summed E-state index contributed by atoms with van der Waals surface area (Å²) < 4.78 is 16.0. The molecule has 5 heteroatoms. The summed E-state index contributed by atoms with van der Waals surface area (Å²) in [5.74, 6) is -0.119. The summed E-state index contributed by atoms with van der Waals surface area (Å²) >= 11 is 0. The molecular formula is C17H23FN4. The van der Waals surface area contributed by atoms with Crippen LogP contribution in [0.1, 0.15) is 23.7 Å². The van der Waals surface area contributed by atoms with Gasteiger partial charge in [-0.25, -0.2) is 4.39 Å². The van der Waals surface area contributed by atoms with Crippen LogP contribution in [0.4, 0.5) is 4.39 Å². The van der Waals surface area contributed by atoms with E-state index in [1.807, 2.05) is 18.3 Å². The van der Waals surface area contributed by atoms with E-state index < -0.39 is 0 Å². The van der Waals surface area contributed by atoms with Gasteiger partial charge in [0.25, 0.3) is 0 Å². The third-order valence-corrected chi connectivity index (χ3v) is 4.21. The minimum atomic E-state index is -0.119. The average Bonchev–Trinajstić information content (AvgIpc) is 2.95. The zero-order chi connectivity index (χ0) is 15.5. The molecule has 1 aromatic carbocycles. The number of hydrogen-bond donors (Lipinski definition) is 0. The summed E-state index contributed by atoms with van der Waals surface area (Å²) in [5, 5.41) is 4.47. The molecular weight excluding hydrogens is 279 g/mol. The highest BCUT2D eigenvalue weighted by molar-refractivity contribution is 5.17. The molecule has 0 amide bonds. The van der Waals surface area contributed by atoms with Crippen LogP contribution < -0.4 is 0 Å². The van der Waals surface area contributed by atoms with Gasteiger partial charge in [0.2, 0.25) is 0 Å². The molecule has 0 saturated heterocycles. The Morgan fingerprint density at radius 1 is 1.27 bits per heavy atom. The first-order valence-electron chi connectivity index (χ1n) is 7.76. The highest BCUT2D eigenvalue weighted by Gasteiger charge is 2.25. The number of aromatic nitrogens is 2. The van der Waals surface area contributed by atoms with Gasteiger partial charge in [-0.2, -0.15) is 5.10 Å². The second-order valence-electron chi connectivity index (χ2n) is 6.27. The van der Waals surface area contributed by atoms with Crippen molar-refractivity contribution in [3.63, 3.8) is 0 Å². The van der Waals surface area contributed by atoms with Crippen LogP contribution in [0.15, 0.2) is 36.5 Å². The Morgan fingerprint density at radius 3 is 2.86 bits per heavy atom. The third-order valence-electron chi connectivity index (χ3n) is 4.21. The molecule has 1 aliphatic rings. The molecule has 2 heterocycles. The first kappa shape index (κ1) is 15.2. The lowest BCUT2D eigenvalue weighted by atomic mass is 10.1. The summed E-state index contributed by atoms with van der Waals surface area (Å²) in [6.07, 6.45) is 2.92. The van der Waals surface area contributed by atoms with Gasteiger partial charge in [0, 0.05) is 31.4 Å². The van der Waals surface area contributed by atoms with Crippen molar-refractivity contribution in [3.05, 3.63) is 53.6 Å². The summed E-state index contributed by atoms with van der Waals surface area (Å²) in [5.41, 5.74) is 1.98. The van der Waals surface area contributed by atoms with Gasteiger partial charge < -0.3 is 4.90 Å². The largest absolute Gasteiger partial charge is 0.309 e. The molecule has 0 spiro atoms. The number of halogens is 1. The Morgan fingerprint density at radius 2 is 2.09 bits per heavy atom. The Hall–Kier alpha value is -1.72. The molecule has 1 aliphatic heterocycles. The van der Waals surface area contributed by atoms with E-state index in [1.165, 1.54) is 11.8 Å². The van der Waals surface area contributed by atoms with Crippen molar-refractivity contribution < 1.29 is 4.39 Å². The molecule has 0 aliphatic carbocycles. The third kappa shape index (κ3) is 3.36. The van der Waals surface area contributed by atoms with E-state index >= 15 is 0 Å². The first-order chi connectivity index (χ1) is 10.6. The molecule has 3 rings (SSSR count). The predicted molar refractivity (Wildman–Crippen MR) is 84.9 cm³/mol. The number of rotatable bonds is 5. The van der Waals surface area contributed by atoms with Crippen LogP contribution in [0.5, 0.6) is 0 Å². The molecule has 22 heavy (non-hydrogen) atoms. The van der Waals surface area contributed by atoms with Crippen LogP contribution in [-0.2, 0) is 13.1 Å². The topological polar surface area (TPSA) is 24.3 Å². The van der Waals surface area contributed by atoms with Gasteiger partial charge >= 0.3 is 0 Å². The number of fused-ring (bicyclic) bond motifs is 1. The molecule has 1 aromatic heterocycles. The van der Waals surface area contributed by atoms with E-state index in [4.69, 9.17) is 0 Å². The first-order valence-corrected chi connectivity index (χ1v) is 7.76. The molecule has 0 N–H and O–H groups in total. The van der Waals surface area contributed by atoms with Crippen molar-refractivity contribution >= 4 is 0 Å². The lowest BCUT2D eigenvalue weighted by molar-refractivity contribution is 0.153. The van der Waals surface area contributed by atoms with Gasteiger partial charge in [-0.05, 0) is 39.2 Å². The normalized spacial score (nSPS) is 18.6. The van der Waals surface area contributed by atoms with Crippen molar-refractivity contribution in [3.8, 4) is 0 Å². The predicted octanol–water partition coefficient (Wildman–Crippen LogP) is 2.53. The van der Waals surface area contributed by atoms with Crippen LogP contribution in [0.3, 0.4) is 0 Å². The van der Waals surface area contributed by atoms with Crippen LogP contribution in [0.25, 0.3) is 0 Å². The average molecular weight is 302 g/mol. The maximum atomic E-state index is 13.9. The molecule has 4 nitrogen and oxygen atoms in total. The van der Waals surface area contributed by atoms with Gasteiger partial charge in [-0.15, -0.1) is 0 Å². The van der Waals surface area contributed by atoms with E-state index in [9.17, 15) is 4.39 Å². The van der Waals surface area contributed by atoms with Crippen molar-refractivity contribution in [2.75, 3.05) is 27.2 Å². The van der Waals surface area contributed by atoms with Gasteiger partial charge in [0.15, 0.2) is 0 Å². The SMILES string of the molecule is CN(C)CC[C@@H]1CN(Cc2ccccc2F)Cc2ccnn21. The highest BCUT2D eigenvalue weighted by atomic mass is 19.1. The number of benzene rings is 1. The van der Waals surface area contributed by atoms with E-state index in [-0.39, 0.29) is 5.82 Å². The second kappa shape index (κ2) is 6.58. The molecule has 0 unspecified atom stereocenters. The summed E-state index contributed by atoms with van der Waals surface area (Å²) in [7, 11) is 4.17. The van der Waals surface area contributed by atoms with E-state index in [1.54, 1.807) is 6.07 Å². The van der Waals surface area contributed by atoms with Crippen molar-refractivity contribution in [2.24, 2.45) is 0 Å². The fourth-order valence-electron chi connectivity index (χ4n) is 3.07. The molecule has 0 fully saturated rings. The van der Waals surface area contributed by atoms with E-state index in [0.29, 0.717) is 12.6 Å². The minimum absolute atomic E-state index is 0.119. The quantitative estimate of drug-likeness (QED) is 0.848.